The van der Waals surface area contributed by atoms with Gasteiger partial charge in [0.15, 0.2) is 5.76 Å². The van der Waals surface area contributed by atoms with Gasteiger partial charge < -0.3 is 19.7 Å². The van der Waals surface area contributed by atoms with Crippen LogP contribution in [0.1, 0.15) is 64.9 Å². The van der Waals surface area contributed by atoms with Crippen molar-refractivity contribution in [2.45, 2.75) is 89.6 Å². The maximum atomic E-state index is 13.5. The summed E-state index contributed by atoms with van der Waals surface area (Å²) < 4.78 is 11.8. The van der Waals surface area contributed by atoms with E-state index in [0.717, 1.165) is 49.8 Å². The number of hydrogen-bond acceptors (Lipinski definition) is 6. The van der Waals surface area contributed by atoms with Crippen molar-refractivity contribution in [3.8, 4) is 0 Å². The van der Waals surface area contributed by atoms with E-state index in [2.05, 4.69) is 16.0 Å². The number of nitrogens with zero attached hydrogens (tertiary/aromatic N) is 3. The number of allylic oxidation sites excluding steroid dienone is 1. The molecule has 9 nitrogen and oxygen atoms in total. The molecule has 2 aliphatic carbocycles. The number of rotatable bonds is 6. The molecule has 0 unspecified atom stereocenters. The molecule has 1 N–H and O–H groups in total. The minimum absolute atomic E-state index is 0.0238. The van der Waals surface area contributed by atoms with Gasteiger partial charge in [0.2, 0.25) is 5.90 Å². The highest BCUT2D eigenvalue weighted by molar-refractivity contribution is 5.90. The molecule has 2 saturated carbocycles. The first kappa shape index (κ1) is 25.0. The van der Waals surface area contributed by atoms with Crippen LogP contribution in [0.2, 0.25) is 0 Å². The minimum atomic E-state index is -0.529. The van der Waals surface area contributed by atoms with Crippen molar-refractivity contribution < 1.29 is 23.9 Å². The Hall–Kier alpha value is -3.29. The fourth-order valence-corrected chi connectivity index (χ4v) is 6.22. The Bertz CT molecular complexity index is 1200. The summed E-state index contributed by atoms with van der Waals surface area (Å²) in [5, 5.41) is 4.59. The van der Waals surface area contributed by atoms with E-state index in [9.17, 15) is 9.59 Å². The standard InChI is InChI=1S/C29H36N4O5/c1-28(2,3)38-26(34)31-21-10-9-20(15-21)23-11-14-30-25(37-23)22-16-29(12-13-29)24-17-32(22)27(35)33(24)36-18-19-7-5-4-6-8-19/h4-8,14,20-22,24H,9-10,12-13,15-18H2,1-3H3,(H,31,34)/t20-,21+,22+,24+/m1/s1. The van der Waals surface area contributed by atoms with Crippen LogP contribution in [-0.2, 0) is 20.9 Å². The Kier molecular flexibility index (Phi) is 6.23. The molecule has 4 fully saturated rings. The lowest BCUT2D eigenvalue weighted by molar-refractivity contribution is -0.153. The average Bonchev–Trinajstić information content (AvgIpc) is 3.38. The molecule has 202 valence electrons. The van der Waals surface area contributed by atoms with E-state index in [0.29, 0.717) is 19.0 Å². The van der Waals surface area contributed by atoms with Crippen LogP contribution >= 0.6 is 0 Å². The molecule has 38 heavy (non-hydrogen) atoms. The second kappa shape index (κ2) is 9.47. The summed E-state index contributed by atoms with van der Waals surface area (Å²) in [5.74, 6) is 1.42. The molecule has 1 spiro atoms. The molecule has 6 rings (SSSR count). The van der Waals surface area contributed by atoms with E-state index in [4.69, 9.17) is 14.3 Å². The monoisotopic (exact) mass is 520 g/mol. The summed E-state index contributed by atoms with van der Waals surface area (Å²) in [5.41, 5.74) is 3.74. The Morgan fingerprint density at radius 1 is 1.24 bits per heavy atom. The number of piperidine rings is 1. The smallest absolute Gasteiger partial charge is 0.407 e. The van der Waals surface area contributed by atoms with Crippen LogP contribution in [-0.4, -0.2) is 58.3 Å². The third kappa shape index (κ3) is 4.93. The molecule has 3 heterocycles. The fourth-order valence-electron chi connectivity index (χ4n) is 6.22. The Morgan fingerprint density at radius 3 is 2.76 bits per heavy atom. The molecule has 0 aromatic heterocycles. The molecule has 1 aromatic carbocycles. The highest BCUT2D eigenvalue weighted by Crippen LogP contribution is 2.59. The van der Waals surface area contributed by atoms with Crippen LogP contribution in [0.15, 0.2) is 53.0 Å². The molecule has 3 aliphatic heterocycles. The number of carbonyl (C=O) groups excluding carboxylic acids is 2. The van der Waals surface area contributed by atoms with Gasteiger partial charge in [-0.2, -0.15) is 5.06 Å². The molecule has 3 amide bonds. The number of alkyl carbamates (subject to hydrolysis) is 1. The van der Waals surface area contributed by atoms with E-state index in [1.54, 1.807) is 11.3 Å². The first-order valence-corrected chi connectivity index (χ1v) is 13.7. The molecule has 1 aromatic rings. The highest BCUT2D eigenvalue weighted by Gasteiger charge is 2.64. The van der Waals surface area contributed by atoms with Gasteiger partial charge in [-0.15, -0.1) is 0 Å². The van der Waals surface area contributed by atoms with E-state index in [1.165, 1.54) is 0 Å². The molecular weight excluding hydrogens is 484 g/mol. The highest BCUT2D eigenvalue weighted by atomic mass is 16.7. The van der Waals surface area contributed by atoms with Gasteiger partial charge in [0.1, 0.15) is 18.2 Å². The quantitative estimate of drug-likeness (QED) is 0.539. The lowest BCUT2D eigenvalue weighted by atomic mass is 9.85. The molecule has 2 bridgehead atoms. The maximum absolute atomic E-state index is 13.5. The summed E-state index contributed by atoms with van der Waals surface area (Å²) in [7, 11) is 0. The van der Waals surface area contributed by atoms with Crippen LogP contribution in [0, 0.1) is 11.3 Å². The maximum Gasteiger partial charge on any atom is 0.407 e. The zero-order valence-corrected chi connectivity index (χ0v) is 22.3. The largest absolute Gasteiger partial charge is 0.444 e. The van der Waals surface area contributed by atoms with Gasteiger partial charge in [-0.05, 0) is 70.3 Å². The van der Waals surface area contributed by atoms with Crippen LogP contribution < -0.4 is 5.32 Å². The number of nitrogens with one attached hydrogen (secondary N) is 1. The van der Waals surface area contributed by atoms with Crippen molar-refractivity contribution in [3.63, 3.8) is 0 Å². The van der Waals surface area contributed by atoms with Gasteiger partial charge in [-0.1, -0.05) is 36.1 Å². The summed E-state index contributed by atoms with van der Waals surface area (Å²) in [4.78, 5) is 38.2. The van der Waals surface area contributed by atoms with Crippen molar-refractivity contribution in [2.24, 2.45) is 16.3 Å². The van der Waals surface area contributed by atoms with Gasteiger partial charge in [0, 0.05) is 18.5 Å². The first-order valence-electron chi connectivity index (χ1n) is 13.7. The molecule has 2 saturated heterocycles. The van der Waals surface area contributed by atoms with Gasteiger partial charge in [0.25, 0.3) is 0 Å². The van der Waals surface area contributed by atoms with E-state index in [1.807, 2.05) is 56.0 Å². The third-order valence-electron chi connectivity index (χ3n) is 8.30. The van der Waals surface area contributed by atoms with Crippen LogP contribution in [0.4, 0.5) is 9.59 Å². The molecular formula is C29H36N4O5. The Balaban J connectivity index is 1.09. The van der Waals surface area contributed by atoms with Crippen LogP contribution in [0.5, 0.6) is 0 Å². The molecule has 5 aliphatic rings. The lowest BCUT2D eigenvalue weighted by Gasteiger charge is -2.37. The zero-order chi connectivity index (χ0) is 26.5. The van der Waals surface area contributed by atoms with E-state index in [-0.39, 0.29) is 35.5 Å². The number of carbonyl (C=O) groups is 2. The van der Waals surface area contributed by atoms with Crippen molar-refractivity contribution in [2.75, 3.05) is 6.54 Å². The third-order valence-corrected chi connectivity index (χ3v) is 8.30. The van der Waals surface area contributed by atoms with Crippen LogP contribution in [0.3, 0.4) is 0 Å². The SMILES string of the molecule is CC(C)(C)OC(=O)N[C@H]1CC[C@@H](C2=C=CN=C([C@@H]3CC4(CC4)[C@@H]4CN3C(=O)N4OCc3ccccc3)O2)C1. The Morgan fingerprint density at radius 2 is 2.03 bits per heavy atom. The molecule has 9 heteroatoms. The van der Waals surface area contributed by atoms with Crippen molar-refractivity contribution in [1.29, 1.82) is 0 Å². The average molecular weight is 521 g/mol. The lowest BCUT2D eigenvalue weighted by Crippen LogP contribution is -2.50. The fraction of sp³-hybridized carbons (Fsp3) is 0.586. The summed E-state index contributed by atoms with van der Waals surface area (Å²) in [6.45, 7) is 6.56. The second-order valence-electron chi connectivity index (χ2n) is 12.2. The predicted octanol–water partition coefficient (Wildman–Crippen LogP) is 4.90. The van der Waals surface area contributed by atoms with Gasteiger partial charge in [-0.25, -0.2) is 14.6 Å². The topological polar surface area (TPSA) is 92.7 Å². The van der Waals surface area contributed by atoms with Gasteiger partial charge in [0.05, 0.1) is 12.2 Å². The summed E-state index contributed by atoms with van der Waals surface area (Å²) in [6, 6.07) is 9.66. The van der Waals surface area contributed by atoms with Crippen LogP contribution in [0.25, 0.3) is 0 Å². The number of benzene rings is 1. The van der Waals surface area contributed by atoms with E-state index >= 15 is 0 Å². The number of ether oxygens (including phenoxy) is 2. The minimum Gasteiger partial charge on any atom is -0.444 e. The number of hydrogen-bond donors (Lipinski definition) is 1. The number of amides is 3. The van der Waals surface area contributed by atoms with Gasteiger partial charge in [-0.3, -0.25) is 4.84 Å². The number of fused-ring (bicyclic) bond motifs is 3. The van der Waals surface area contributed by atoms with E-state index < -0.39 is 11.7 Å². The summed E-state index contributed by atoms with van der Waals surface area (Å²) >= 11 is 0. The number of aliphatic imine (C=N–C) groups is 1. The second-order valence-corrected chi connectivity index (χ2v) is 12.2. The number of hydroxylamine groups is 2. The summed E-state index contributed by atoms with van der Waals surface area (Å²) in [6.07, 6.45) is 6.73. The first-order chi connectivity index (χ1) is 18.2. The van der Waals surface area contributed by atoms with Crippen molar-refractivity contribution >= 4 is 18.0 Å². The zero-order valence-electron chi connectivity index (χ0n) is 22.3. The van der Waals surface area contributed by atoms with Crippen molar-refractivity contribution in [3.05, 3.63) is 53.6 Å². The predicted molar refractivity (Wildman–Crippen MR) is 140 cm³/mol. The number of urea groups is 1. The molecule has 4 atom stereocenters. The normalized spacial score (nSPS) is 29.2. The molecule has 0 radical (unpaired) electrons. The van der Waals surface area contributed by atoms with Crippen molar-refractivity contribution in [1.82, 2.24) is 15.3 Å². The van der Waals surface area contributed by atoms with Gasteiger partial charge >= 0.3 is 12.1 Å². The Labute approximate surface area is 223 Å².